The van der Waals surface area contributed by atoms with E-state index < -0.39 is 17.7 Å². The molecule has 7 heteroatoms. The summed E-state index contributed by atoms with van der Waals surface area (Å²) >= 11 is 0. The Bertz CT molecular complexity index is 1330. The molecule has 37 heavy (non-hydrogen) atoms. The van der Waals surface area contributed by atoms with Crippen LogP contribution in [0.1, 0.15) is 33.9 Å². The second-order valence-corrected chi connectivity index (χ2v) is 8.97. The fourth-order valence-corrected chi connectivity index (χ4v) is 4.48. The molecule has 0 bridgehead atoms. The van der Waals surface area contributed by atoms with E-state index in [1.54, 1.807) is 24.3 Å². The van der Waals surface area contributed by atoms with Crippen molar-refractivity contribution in [1.29, 1.82) is 0 Å². The Kier molecular flexibility index (Phi) is 7.94. The molecule has 1 aliphatic rings. The summed E-state index contributed by atoms with van der Waals surface area (Å²) in [4.78, 5) is 27.7. The summed E-state index contributed by atoms with van der Waals surface area (Å²) in [6.45, 7) is 4.77. The molecule has 4 rings (SSSR count). The largest absolute Gasteiger partial charge is 0.507 e. The van der Waals surface area contributed by atoms with Gasteiger partial charge in [0.1, 0.15) is 23.9 Å². The van der Waals surface area contributed by atoms with Crippen molar-refractivity contribution >= 4 is 17.4 Å². The summed E-state index contributed by atoms with van der Waals surface area (Å²) in [5, 5.41) is 11.4. The van der Waals surface area contributed by atoms with Gasteiger partial charge in [0.05, 0.1) is 30.9 Å². The topological polar surface area (TPSA) is 85.3 Å². The zero-order chi connectivity index (χ0) is 26.5. The maximum atomic E-state index is 13.2. The maximum Gasteiger partial charge on any atom is 0.295 e. The van der Waals surface area contributed by atoms with Crippen LogP contribution in [0.3, 0.4) is 0 Å². The highest BCUT2D eigenvalue weighted by molar-refractivity contribution is 6.46. The average Bonchev–Trinajstić information content (AvgIpc) is 3.16. The number of likely N-dealkylation sites (tertiary alicyclic amines) is 1. The first-order valence-corrected chi connectivity index (χ1v) is 12.0. The second kappa shape index (κ2) is 11.3. The minimum Gasteiger partial charge on any atom is -0.507 e. The first kappa shape index (κ1) is 26.0. The van der Waals surface area contributed by atoms with E-state index in [1.807, 2.05) is 56.3 Å². The van der Waals surface area contributed by atoms with Crippen LogP contribution in [-0.4, -0.2) is 49.1 Å². The summed E-state index contributed by atoms with van der Waals surface area (Å²) in [6.07, 6.45) is 0. The third-order valence-corrected chi connectivity index (χ3v) is 6.54. The molecule has 7 nitrogen and oxygen atoms in total. The monoisotopic (exact) mass is 501 g/mol. The molecule has 1 N–H and O–H groups in total. The third-order valence-electron chi connectivity index (χ3n) is 6.54. The SMILES string of the molecule is COCCN1C(=O)C(=O)/C(=C(/O)c2cc(C)ccc2OC)C1c1ccc(OCc2ccccc2C)cc1. The number of carbonyl (C=O) groups excluding carboxylic acids is 2. The Labute approximate surface area is 216 Å². The van der Waals surface area contributed by atoms with Crippen molar-refractivity contribution in [3.63, 3.8) is 0 Å². The van der Waals surface area contributed by atoms with Crippen molar-refractivity contribution < 1.29 is 28.9 Å². The number of hydrogen-bond donors (Lipinski definition) is 1. The van der Waals surface area contributed by atoms with Crippen LogP contribution in [-0.2, 0) is 20.9 Å². The number of benzene rings is 3. The van der Waals surface area contributed by atoms with Gasteiger partial charge in [0.15, 0.2) is 0 Å². The first-order valence-electron chi connectivity index (χ1n) is 12.0. The number of amides is 1. The van der Waals surface area contributed by atoms with Crippen molar-refractivity contribution in [3.05, 3.63) is 100 Å². The molecular weight excluding hydrogens is 470 g/mol. The number of methoxy groups -OCH3 is 2. The summed E-state index contributed by atoms with van der Waals surface area (Å²) in [5.74, 6) is -0.646. The van der Waals surface area contributed by atoms with Crippen LogP contribution >= 0.6 is 0 Å². The highest BCUT2D eigenvalue weighted by Crippen LogP contribution is 2.41. The lowest BCUT2D eigenvalue weighted by Crippen LogP contribution is -2.32. The zero-order valence-electron chi connectivity index (χ0n) is 21.5. The number of nitrogens with zero attached hydrogens (tertiary/aromatic N) is 1. The van der Waals surface area contributed by atoms with Crippen LogP contribution < -0.4 is 9.47 Å². The standard InChI is InChI=1S/C30H31NO6/c1-19-9-14-25(36-4)24(17-19)28(32)26-27(31(15-16-35-3)30(34)29(26)33)21-10-12-23(13-11-21)37-18-22-8-6-5-7-20(22)2/h5-14,17,27,32H,15-16,18H2,1-4H3/b28-26+. The highest BCUT2D eigenvalue weighted by Gasteiger charge is 2.46. The summed E-state index contributed by atoms with van der Waals surface area (Å²) in [5.41, 5.74) is 4.16. The van der Waals surface area contributed by atoms with Crippen LogP contribution in [0.2, 0.25) is 0 Å². The Hall–Kier alpha value is -4.10. The van der Waals surface area contributed by atoms with Gasteiger partial charge in [-0.3, -0.25) is 9.59 Å². The lowest BCUT2D eigenvalue weighted by molar-refractivity contribution is -0.140. The van der Waals surface area contributed by atoms with Gasteiger partial charge in [-0.15, -0.1) is 0 Å². The molecule has 0 aliphatic carbocycles. The van der Waals surface area contributed by atoms with Gasteiger partial charge in [-0.05, 0) is 54.8 Å². The van der Waals surface area contributed by atoms with Gasteiger partial charge in [-0.25, -0.2) is 0 Å². The van der Waals surface area contributed by atoms with Crippen LogP contribution in [0.4, 0.5) is 0 Å². The number of ketones is 1. The summed E-state index contributed by atoms with van der Waals surface area (Å²) in [7, 11) is 3.02. The molecule has 3 aromatic rings. The minimum absolute atomic E-state index is 0.0126. The molecule has 3 aromatic carbocycles. The zero-order valence-corrected chi connectivity index (χ0v) is 21.5. The predicted octanol–water partition coefficient (Wildman–Crippen LogP) is 4.96. The van der Waals surface area contributed by atoms with Gasteiger partial charge in [0.2, 0.25) is 0 Å². The van der Waals surface area contributed by atoms with E-state index in [1.165, 1.54) is 19.1 Å². The number of aryl methyl sites for hydroxylation is 2. The fourth-order valence-electron chi connectivity index (χ4n) is 4.48. The molecule has 1 fully saturated rings. The van der Waals surface area contributed by atoms with Crippen molar-refractivity contribution in [1.82, 2.24) is 4.90 Å². The second-order valence-electron chi connectivity index (χ2n) is 8.97. The van der Waals surface area contributed by atoms with Crippen LogP contribution in [0.15, 0.2) is 72.3 Å². The van der Waals surface area contributed by atoms with E-state index >= 15 is 0 Å². The number of hydrogen-bond acceptors (Lipinski definition) is 6. The predicted molar refractivity (Wildman–Crippen MR) is 141 cm³/mol. The van der Waals surface area contributed by atoms with E-state index in [-0.39, 0.29) is 24.5 Å². The molecule has 1 saturated heterocycles. The number of rotatable bonds is 9. The maximum absolute atomic E-state index is 13.2. The van der Waals surface area contributed by atoms with Gasteiger partial charge in [-0.2, -0.15) is 0 Å². The number of Topliss-reactive ketones (excluding diaryl/α,β-unsaturated/α-hetero) is 1. The molecule has 1 atom stereocenters. The molecule has 1 heterocycles. The smallest absolute Gasteiger partial charge is 0.295 e. The lowest BCUT2D eigenvalue weighted by Gasteiger charge is -2.25. The number of aliphatic hydroxyl groups excluding tert-OH is 1. The Morgan fingerprint density at radius 2 is 1.70 bits per heavy atom. The third kappa shape index (κ3) is 5.37. The molecule has 1 aliphatic heterocycles. The van der Waals surface area contributed by atoms with Crippen molar-refractivity contribution in [2.24, 2.45) is 0 Å². The van der Waals surface area contributed by atoms with Gasteiger partial charge in [0, 0.05) is 13.7 Å². The quantitative estimate of drug-likeness (QED) is 0.253. The molecule has 1 amide bonds. The lowest BCUT2D eigenvalue weighted by atomic mass is 9.94. The highest BCUT2D eigenvalue weighted by atomic mass is 16.5. The van der Waals surface area contributed by atoms with E-state index in [0.717, 1.165) is 16.7 Å². The molecule has 0 spiro atoms. The van der Waals surface area contributed by atoms with E-state index in [2.05, 4.69) is 0 Å². The van der Waals surface area contributed by atoms with E-state index in [0.29, 0.717) is 29.2 Å². The molecule has 1 unspecified atom stereocenters. The van der Waals surface area contributed by atoms with Crippen LogP contribution in [0, 0.1) is 13.8 Å². The molecule has 0 saturated carbocycles. The molecule has 0 radical (unpaired) electrons. The van der Waals surface area contributed by atoms with Crippen molar-refractivity contribution in [2.75, 3.05) is 27.4 Å². The number of carbonyl (C=O) groups is 2. The number of aliphatic hydroxyl groups is 1. The average molecular weight is 502 g/mol. The molecular formula is C30H31NO6. The molecule has 192 valence electrons. The normalized spacial score (nSPS) is 16.8. The van der Waals surface area contributed by atoms with Crippen LogP contribution in [0.25, 0.3) is 5.76 Å². The van der Waals surface area contributed by atoms with Crippen molar-refractivity contribution in [3.8, 4) is 11.5 Å². The van der Waals surface area contributed by atoms with E-state index in [4.69, 9.17) is 14.2 Å². The van der Waals surface area contributed by atoms with E-state index in [9.17, 15) is 14.7 Å². The fraction of sp³-hybridized carbons (Fsp3) is 0.267. The van der Waals surface area contributed by atoms with Crippen molar-refractivity contribution in [2.45, 2.75) is 26.5 Å². The van der Waals surface area contributed by atoms with Crippen LogP contribution in [0.5, 0.6) is 11.5 Å². The van der Waals surface area contributed by atoms with Gasteiger partial charge in [0.25, 0.3) is 11.7 Å². The first-order chi connectivity index (χ1) is 17.8. The Morgan fingerprint density at radius 1 is 0.973 bits per heavy atom. The number of ether oxygens (including phenoxy) is 3. The molecule has 0 aromatic heterocycles. The van der Waals surface area contributed by atoms with Gasteiger partial charge >= 0.3 is 0 Å². The summed E-state index contributed by atoms with van der Waals surface area (Å²) in [6, 6.07) is 19.8. The summed E-state index contributed by atoms with van der Waals surface area (Å²) < 4.78 is 16.6. The Balaban J connectivity index is 1.72. The Morgan fingerprint density at radius 3 is 2.38 bits per heavy atom. The van der Waals surface area contributed by atoms with Gasteiger partial charge in [-0.1, -0.05) is 48.0 Å². The minimum atomic E-state index is -0.786. The van der Waals surface area contributed by atoms with Gasteiger partial charge < -0.3 is 24.2 Å².